The molecule has 4 rings (SSSR count). The van der Waals surface area contributed by atoms with Crippen molar-refractivity contribution in [1.29, 1.82) is 0 Å². The molecule has 0 bridgehead atoms. The molecule has 11 heteroatoms. The fourth-order valence-electron chi connectivity index (χ4n) is 3.16. The first-order valence-electron chi connectivity index (χ1n) is 11.2. The summed E-state index contributed by atoms with van der Waals surface area (Å²) in [5.41, 5.74) is 4.34. The topological polar surface area (TPSA) is 89.0 Å². The fourth-order valence-corrected chi connectivity index (χ4v) is 3.77. The van der Waals surface area contributed by atoms with E-state index in [1.165, 1.54) is 30.5 Å². The van der Waals surface area contributed by atoms with Gasteiger partial charge in [0.1, 0.15) is 11.5 Å². The highest BCUT2D eigenvalue weighted by molar-refractivity contribution is 7.80. The smallest absolute Gasteiger partial charge is 0.343 e. The summed E-state index contributed by atoms with van der Waals surface area (Å²) >= 11 is 23.0. The number of hydrogen-bond donors (Lipinski definition) is 2. The van der Waals surface area contributed by atoms with Crippen LogP contribution in [0.5, 0.6) is 11.5 Å². The second-order valence-corrected chi connectivity index (χ2v) is 9.54. The van der Waals surface area contributed by atoms with E-state index in [0.717, 1.165) is 0 Å². The van der Waals surface area contributed by atoms with Crippen molar-refractivity contribution >= 4 is 76.0 Å². The number of hydrogen-bond acceptors (Lipinski definition) is 6. The number of carbonyl (C=O) groups is 2. The van der Waals surface area contributed by atoms with Gasteiger partial charge in [0.05, 0.1) is 17.3 Å². The first kappa shape index (κ1) is 28.1. The van der Waals surface area contributed by atoms with Gasteiger partial charge in [0, 0.05) is 32.4 Å². The predicted molar refractivity (Wildman–Crippen MR) is 158 cm³/mol. The van der Waals surface area contributed by atoms with Crippen LogP contribution in [0.1, 0.15) is 26.3 Å². The monoisotopic (exact) mass is 597 g/mol. The van der Waals surface area contributed by atoms with Crippen LogP contribution in [0, 0.1) is 0 Å². The third kappa shape index (κ3) is 8.27. The van der Waals surface area contributed by atoms with Crippen molar-refractivity contribution in [3.05, 3.63) is 123 Å². The minimum absolute atomic E-state index is 0.0932. The van der Waals surface area contributed by atoms with E-state index in [4.69, 9.17) is 56.5 Å². The van der Waals surface area contributed by atoms with Gasteiger partial charge >= 0.3 is 11.9 Å². The van der Waals surface area contributed by atoms with Crippen molar-refractivity contribution in [2.24, 2.45) is 5.10 Å². The molecule has 0 radical (unpaired) electrons. The molecule has 0 aliphatic rings. The molecule has 0 heterocycles. The third-order valence-electron chi connectivity index (χ3n) is 5.01. The number of benzene rings is 4. The Kier molecular flexibility index (Phi) is 9.51. The average Bonchev–Trinajstić information content (AvgIpc) is 2.90. The Morgan fingerprint density at radius 3 is 1.97 bits per heavy atom. The Morgan fingerprint density at radius 2 is 1.36 bits per heavy atom. The van der Waals surface area contributed by atoms with E-state index in [1.54, 1.807) is 66.7 Å². The number of carbonyl (C=O) groups excluding carboxylic acids is 2. The minimum Gasteiger partial charge on any atom is -0.423 e. The van der Waals surface area contributed by atoms with Gasteiger partial charge in [0.25, 0.3) is 0 Å². The molecule has 0 aliphatic heterocycles. The van der Waals surface area contributed by atoms with Crippen LogP contribution in [0.2, 0.25) is 15.1 Å². The lowest BCUT2D eigenvalue weighted by molar-refractivity contribution is 0.0732. The summed E-state index contributed by atoms with van der Waals surface area (Å²) in [7, 11) is 0. The highest BCUT2D eigenvalue weighted by Gasteiger charge is 2.15. The molecule has 0 atom stereocenters. The van der Waals surface area contributed by atoms with Crippen molar-refractivity contribution in [2.45, 2.75) is 0 Å². The summed E-state index contributed by atoms with van der Waals surface area (Å²) in [6, 6.07) is 24.0. The standard InChI is InChI=1S/C28H18Cl3N3O4S/c29-20-9-4-17(5-10-20)26(35)37-24-13-8-19(16-32-34-28(39)33-23-3-1-2-22(31)14-23)25(15-24)38-27(36)18-6-11-21(30)12-7-18/h1-16H,(H2,33,34,39). The van der Waals surface area contributed by atoms with Gasteiger partial charge in [0.2, 0.25) is 0 Å². The molecule has 0 spiro atoms. The van der Waals surface area contributed by atoms with Gasteiger partial charge in [-0.25, -0.2) is 9.59 Å². The van der Waals surface area contributed by atoms with Gasteiger partial charge < -0.3 is 14.8 Å². The van der Waals surface area contributed by atoms with E-state index in [1.807, 2.05) is 0 Å². The second-order valence-electron chi connectivity index (χ2n) is 7.83. The van der Waals surface area contributed by atoms with Crippen molar-refractivity contribution in [3.63, 3.8) is 0 Å². The zero-order valence-corrected chi connectivity index (χ0v) is 22.9. The highest BCUT2D eigenvalue weighted by atomic mass is 35.5. The Balaban J connectivity index is 1.52. The van der Waals surface area contributed by atoms with E-state index in [-0.39, 0.29) is 22.2 Å². The molecule has 7 nitrogen and oxygen atoms in total. The first-order chi connectivity index (χ1) is 18.8. The van der Waals surface area contributed by atoms with Crippen LogP contribution in [-0.2, 0) is 0 Å². The number of nitrogens with one attached hydrogen (secondary N) is 2. The summed E-state index contributed by atoms with van der Waals surface area (Å²) < 4.78 is 11.1. The van der Waals surface area contributed by atoms with Crippen LogP contribution in [0.15, 0.2) is 96.1 Å². The van der Waals surface area contributed by atoms with Crippen molar-refractivity contribution in [3.8, 4) is 11.5 Å². The van der Waals surface area contributed by atoms with Crippen LogP contribution in [-0.4, -0.2) is 23.3 Å². The number of rotatable bonds is 7. The molecule has 0 aliphatic carbocycles. The number of hydrazone groups is 1. The second kappa shape index (κ2) is 13.2. The molecule has 0 saturated heterocycles. The molecule has 4 aromatic carbocycles. The van der Waals surface area contributed by atoms with Crippen molar-refractivity contribution in [1.82, 2.24) is 5.43 Å². The van der Waals surface area contributed by atoms with E-state index in [0.29, 0.717) is 31.9 Å². The lowest BCUT2D eigenvalue weighted by Gasteiger charge is -2.11. The van der Waals surface area contributed by atoms with Gasteiger partial charge in [0.15, 0.2) is 5.11 Å². The highest BCUT2D eigenvalue weighted by Crippen LogP contribution is 2.26. The van der Waals surface area contributed by atoms with Crippen molar-refractivity contribution in [2.75, 3.05) is 5.32 Å². The maximum absolute atomic E-state index is 12.8. The van der Waals surface area contributed by atoms with E-state index in [2.05, 4.69) is 15.8 Å². The normalized spacial score (nSPS) is 10.6. The zero-order chi connectivity index (χ0) is 27.8. The van der Waals surface area contributed by atoms with E-state index in [9.17, 15) is 9.59 Å². The minimum atomic E-state index is -0.645. The van der Waals surface area contributed by atoms with Crippen LogP contribution in [0.3, 0.4) is 0 Å². The van der Waals surface area contributed by atoms with Crippen LogP contribution in [0.25, 0.3) is 0 Å². The molecule has 0 amide bonds. The molecule has 2 N–H and O–H groups in total. The molecule has 39 heavy (non-hydrogen) atoms. The first-order valence-corrected chi connectivity index (χ1v) is 12.8. The Morgan fingerprint density at radius 1 is 0.744 bits per heavy atom. The Labute approximate surface area is 244 Å². The molecule has 0 aromatic heterocycles. The number of nitrogens with zero attached hydrogens (tertiary/aromatic N) is 1. The summed E-state index contributed by atoms with van der Waals surface area (Å²) in [6.07, 6.45) is 1.40. The summed E-state index contributed by atoms with van der Waals surface area (Å²) in [5.74, 6) is -1.01. The van der Waals surface area contributed by atoms with Gasteiger partial charge in [-0.15, -0.1) is 0 Å². The number of thiocarbonyl (C=S) groups is 1. The lowest BCUT2D eigenvalue weighted by atomic mass is 10.2. The maximum Gasteiger partial charge on any atom is 0.343 e. The molecule has 0 unspecified atom stereocenters. The molecule has 196 valence electrons. The number of anilines is 1. The largest absolute Gasteiger partial charge is 0.423 e. The molecular weight excluding hydrogens is 581 g/mol. The molecular formula is C28H18Cl3N3O4S. The molecule has 4 aromatic rings. The fraction of sp³-hybridized carbons (Fsp3) is 0. The summed E-state index contributed by atoms with van der Waals surface area (Å²) in [5, 5.41) is 8.80. The quantitative estimate of drug-likeness (QED) is 0.0753. The Hall–Kier alpha value is -3.95. The van der Waals surface area contributed by atoms with Crippen LogP contribution in [0.4, 0.5) is 5.69 Å². The maximum atomic E-state index is 12.8. The summed E-state index contributed by atoms with van der Waals surface area (Å²) in [4.78, 5) is 25.4. The van der Waals surface area contributed by atoms with Gasteiger partial charge in [-0.2, -0.15) is 5.10 Å². The molecule has 0 fully saturated rings. The van der Waals surface area contributed by atoms with Gasteiger partial charge in [-0.3, -0.25) is 5.43 Å². The lowest BCUT2D eigenvalue weighted by Crippen LogP contribution is -2.23. The third-order valence-corrected chi connectivity index (χ3v) is 5.94. The number of ether oxygens (including phenoxy) is 2. The number of esters is 2. The van der Waals surface area contributed by atoms with E-state index < -0.39 is 11.9 Å². The summed E-state index contributed by atoms with van der Waals surface area (Å²) in [6.45, 7) is 0. The van der Waals surface area contributed by atoms with Gasteiger partial charge in [-0.05, 0) is 91.1 Å². The number of halogens is 3. The van der Waals surface area contributed by atoms with Crippen LogP contribution < -0.4 is 20.2 Å². The van der Waals surface area contributed by atoms with Gasteiger partial charge in [-0.1, -0.05) is 40.9 Å². The zero-order valence-electron chi connectivity index (χ0n) is 19.9. The van der Waals surface area contributed by atoms with Crippen molar-refractivity contribution < 1.29 is 19.1 Å². The predicted octanol–water partition coefficient (Wildman–Crippen LogP) is 7.41. The average molecular weight is 599 g/mol. The molecule has 0 saturated carbocycles. The Bertz CT molecular complexity index is 1540. The SMILES string of the molecule is O=C(Oc1ccc(C=NNC(=S)Nc2cccc(Cl)c2)c(OC(=O)c2ccc(Cl)cc2)c1)c1ccc(Cl)cc1. The van der Waals surface area contributed by atoms with Crippen LogP contribution >= 0.6 is 47.0 Å². The van der Waals surface area contributed by atoms with E-state index >= 15 is 0 Å².